The summed E-state index contributed by atoms with van der Waals surface area (Å²) >= 11 is 0. The van der Waals surface area contributed by atoms with Crippen LogP contribution in [0.5, 0.6) is 0 Å². The summed E-state index contributed by atoms with van der Waals surface area (Å²) in [5, 5.41) is 8.37. The van der Waals surface area contributed by atoms with Crippen molar-refractivity contribution >= 4 is 0 Å². The second kappa shape index (κ2) is 4.74. The van der Waals surface area contributed by atoms with Crippen LogP contribution in [0, 0.1) is 5.92 Å². The van der Waals surface area contributed by atoms with E-state index in [1.54, 1.807) is 6.92 Å². The molecule has 56 valence electrons. The fourth-order valence-corrected chi connectivity index (χ4v) is 0.643. The van der Waals surface area contributed by atoms with Crippen molar-refractivity contribution in [3.63, 3.8) is 0 Å². The van der Waals surface area contributed by atoms with E-state index in [0.717, 1.165) is 12.8 Å². The van der Waals surface area contributed by atoms with Crippen molar-refractivity contribution < 1.29 is 9.50 Å². The summed E-state index contributed by atoms with van der Waals surface area (Å²) in [6.07, 6.45) is 0.764. The van der Waals surface area contributed by atoms with E-state index in [1.807, 2.05) is 6.92 Å². The summed E-state index contributed by atoms with van der Waals surface area (Å²) < 4.78 is 12.3. The number of aliphatic hydroxyl groups is 1. The van der Waals surface area contributed by atoms with Crippen molar-refractivity contribution in [2.24, 2.45) is 5.92 Å². The van der Waals surface area contributed by atoms with E-state index in [9.17, 15) is 4.39 Å². The number of halogens is 1. The first-order chi connectivity index (χ1) is 4.18. The molecular formula is C7H15FO. The summed E-state index contributed by atoms with van der Waals surface area (Å²) in [6, 6.07) is 0. The lowest BCUT2D eigenvalue weighted by Crippen LogP contribution is -2.08. The van der Waals surface area contributed by atoms with Gasteiger partial charge >= 0.3 is 0 Å². The van der Waals surface area contributed by atoms with Crippen LogP contribution >= 0.6 is 0 Å². The molecule has 0 aromatic rings. The van der Waals surface area contributed by atoms with Gasteiger partial charge in [0.15, 0.2) is 0 Å². The van der Waals surface area contributed by atoms with Crippen LogP contribution in [0.15, 0.2) is 0 Å². The zero-order valence-electron chi connectivity index (χ0n) is 6.10. The third kappa shape index (κ3) is 4.40. The molecule has 0 aliphatic heterocycles. The maximum Gasteiger partial charge on any atom is 0.0998 e. The first-order valence-electron chi connectivity index (χ1n) is 3.43. The average molecular weight is 134 g/mol. The van der Waals surface area contributed by atoms with Crippen molar-refractivity contribution in [3.05, 3.63) is 0 Å². The van der Waals surface area contributed by atoms with Crippen LogP contribution in [0.25, 0.3) is 0 Å². The van der Waals surface area contributed by atoms with Gasteiger partial charge in [0.25, 0.3) is 0 Å². The summed E-state index contributed by atoms with van der Waals surface area (Å²) in [5.41, 5.74) is 0. The fraction of sp³-hybridized carbons (Fsp3) is 1.00. The van der Waals surface area contributed by atoms with Crippen LogP contribution < -0.4 is 0 Å². The maximum atomic E-state index is 12.3. The normalized spacial score (nSPS) is 17.3. The molecule has 0 spiro atoms. The Balaban J connectivity index is 3.16. The van der Waals surface area contributed by atoms with E-state index in [1.165, 1.54) is 0 Å². The molecule has 1 N–H and O–H groups in total. The highest BCUT2D eigenvalue weighted by Gasteiger charge is 2.08. The van der Waals surface area contributed by atoms with Crippen molar-refractivity contribution in [2.45, 2.75) is 32.9 Å². The third-order valence-electron chi connectivity index (χ3n) is 1.60. The van der Waals surface area contributed by atoms with Crippen LogP contribution in [-0.4, -0.2) is 17.9 Å². The van der Waals surface area contributed by atoms with Crippen molar-refractivity contribution in [1.29, 1.82) is 0 Å². The van der Waals surface area contributed by atoms with Gasteiger partial charge in [-0.05, 0) is 25.7 Å². The highest BCUT2D eigenvalue weighted by molar-refractivity contribution is 4.58. The van der Waals surface area contributed by atoms with Crippen LogP contribution in [0.1, 0.15) is 26.7 Å². The molecule has 0 aliphatic carbocycles. The monoisotopic (exact) mass is 134 g/mol. The maximum absolute atomic E-state index is 12.3. The molecule has 1 unspecified atom stereocenters. The van der Waals surface area contributed by atoms with Crippen LogP contribution in [0.4, 0.5) is 4.39 Å². The second-order valence-corrected chi connectivity index (χ2v) is 2.52. The molecule has 0 fully saturated rings. The van der Waals surface area contributed by atoms with E-state index < -0.39 is 6.17 Å². The highest BCUT2D eigenvalue weighted by Crippen LogP contribution is 2.12. The molecular weight excluding hydrogens is 119 g/mol. The number of hydrogen-bond acceptors (Lipinski definition) is 1. The van der Waals surface area contributed by atoms with E-state index in [0.29, 0.717) is 0 Å². The van der Waals surface area contributed by atoms with E-state index in [-0.39, 0.29) is 12.5 Å². The minimum Gasteiger partial charge on any atom is -0.396 e. The minimum atomic E-state index is -0.739. The number of alkyl halides is 1. The van der Waals surface area contributed by atoms with Crippen molar-refractivity contribution in [3.8, 4) is 0 Å². The van der Waals surface area contributed by atoms with Gasteiger partial charge in [-0.3, -0.25) is 0 Å². The van der Waals surface area contributed by atoms with Gasteiger partial charge < -0.3 is 5.11 Å². The SMILES string of the molecule is CC(F)[C@@H](C)CCCO. The topological polar surface area (TPSA) is 20.2 Å². The molecule has 1 nitrogen and oxygen atoms in total. The zero-order valence-corrected chi connectivity index (χ0v) is 6.10. The van der Waals surface area contributed by atoms with Gasteiger partial charge in [0.1, 0.15) is 0 Å². The number of rotatable bonds is 4. The molecule has 0 aromatic heterocycles. The zero-order chi connectivity index (χ0) is 7.28. The van der Waals surface area contributed by atoms with Gasteiger partial charge in [0.2, 0.25) is 0 Å². The van der Waals surface area contributed by atoms with E-state index in [4.69, 9.17) is 5.11 Å². The lowest BCUT2D eigenvalue weighted by molar-refractivity contribution is 0.222. The first-order valence-corrected chi connectivity index (χ1v) is 3.43. The number of aliphatic hydroxyl groups excluding tert-OH is 1. The smallest absolute Gasteiger partial charge is 0.0998 e. The van der Waals surface area contributed by atoms with Crippen LogP contribution in [-0.2, 0) is 0 Å². The largest absolute Gasteiger partial charge is 0.396 e. The van der Waals surface area contributed by atoms with E-state index in [2.05, 4.69) is 0 Å². The van der Waals surface area contributed by atoms with Crippen LogP contribution in [0.2, 0.25) is 0 Å². The van der Waals surface area contributed by atoms with Crippen LogP contribution in [0.3, 0.4) is 0 Å². The molecule has 2 heteroatoms. The summed E-state index contributed by atoms with van der Waals surface area (Å²) in [6.45, 7) is 3.60. The van der Waals surface area contributed by atoms with Gasteiger partial charge in [-0.15, -0.1) is 0 Å². The predicted molar refractivity (Wildman–Crippen MR) is 36.1 cm³/mol. The van der Waals surface area contributed by atoms with Crippen molar-refractivity contribution in [1.82, 2.24) is 0 Å². The second-order valence-electron chi connectivity index (χ2n) is 2.52. The molecule has 0 aromatic carbocycles. The Bertz CT molecular complexity index is 63.9. The Morgan fingerprint density at radius 3 is 2.33 bits per heavy atom. The molecule has 0 rings (SSSR count). The van der Waals surface area contributed by atoms with Gasteiger partial charge in [0, 0.05) is 6.61 Å². The lowest BCUT2D eigenvalue weighted by atomic mass is 10.0. The third-order valence-corrected chi connectivity index (χ3v) is 1.60. The van der Waals surface area contributed by atoms with Gasteiger partial charge in [-0.2, -0.15) is 0 Å². The molecule has 0 amide bonds. The Morgan fingerprint density at radius 2 is 2.00 bits per heavy atom. The predicted octanol–water partition coefficient (Wildman–Crippen LogP) is 1.75. The fourth-order valence-electron chi connectivity index (χ4n) is 0.643. The van der Waals surface area contributed by atoms with Gasteiger partial charge in [-0.25, -0.2) is 4.39 Å². The first kappa shape index (κ1) is 8.89. The molecule has 0 aliphatic rings. The molecule has 9 heavy (non-hydrogen) atoms. The highest BCUT2D eigenvalue weighted by atomic mass is 19.1. The molecule has 0 bridgehead atoms. The Hall–Kier alpha value is -0.110. The summed E-state index contributed by atoms with van der Waals surface area (Å²) in [7, 11) is 0. The standard InChI is InChI=1S/C7H15FO/c1-6(7(2)8)4-3-5-9/h6-7,9H,3-5H2,1-2H3/t6-,7?/m0/s1. The Morgan fingerprint density at radius 1 is 1.44 bits per heavy atom. The van der Waals surface area contributed by atoms with Gasteiger partial charge in [0.05, 0.1) is 6.17 Å². The Labute approximate surface area is 55.9 Å². The van der Waals surface area contributed by atoms with Gasteiger partial charge in [-0.1, -0.05) is 6.92 Å². The lowest BCUT2D eigenvalue weighted by Gasteiger charge is -2.10. The number of hydrogen-bond donors (Lipinski definition) is 1. The minimum absolute atomic E-state index is 0.0946. The molecule has 0 radical (unpaired) electrons. The summed E-state index contributed by atoms with van der Waals surface area (Å²) in [4.78, 5) is 0. The molecule has 0 heterocycles. The Kier molecular flexibility index (Phi) is 4.68. The summed E-state index contributed by atoms with van der Waals surface area (Å²) in [5.74, 6) is 0.0946. The molecule has 2 atom stereocenters. The van der Waals surface area contributed by atoms with E-state index >= 15 is 0 Å². The molecule has 0 saturated carbocycles. The average Bonchev–Trinajstić information content (AvgIpc) is 1.82. The molecule has 0 saturated heterocycles. The van der Waals surface area contributed by atoms with Crippen molar-refractivity contribution in [2.75, 3.05) is 6.61 Å². The quantitative estimate of drug-likeness (QED) is 0.621.